The Morgan fingerprint density at radius 2 is 1.49 bits per heavy atom. The third kappa shape index (κ3) is 9.29. The predicted octanol–water partition coefficient (Wildman–Crippen LogP) is 7.22. The van der Waals surface area contributed by atoms with Gasteiger partial charge in [0, 0.05) is 18.5 Å². The van der Waals surface area contributed by atoms with Crippen LogP contribution in [-0.2, 0) is 28.0 Å². The van der Waals surface area contributed by atoms with Crippen molar-refractivity contribution in [3.8, 4) is 5.75 Å². The van der Waals surface area contributed by atoms with Gasteiger partial charge in [0.2, 0.25) is 5.91 Å². The molecule has 3 aromatic rings. The molecule has 39 heavy (non-hydrogen) atoms. The van der Waals surface area contributed by atoms with Gasteiger partial charge in [-0.15, -0.1) is 0 Å². The van der Waals surface area contributed by atoms with E-state index < -0.39 is 11.6 Å². The summed E-state index contributed by atoms with van der Waals surface area (Å²) in [6.07, 6.45) is 0.343. The van der Waals surface area contributed by atoms with Gasteiger partial charge in [-0.3, -0.25) is 9.59 Å². The first-order valence-electron chi connectivity index (χ1n) is 13.1. The largest absolute Gasteiger partial charge is 0.484 e. The first-order chi connectivity index (χ1) is 18.2. The summed E-state index contributed by atoms with van der Waals surface area (Å²) in [5.41, 5.74) is 2.40. The van der Waals surface area contributed by atoms with E-state index in [1.54, 1.807) is 17.0 Å². The van der Waals surface area contributed by atoms with E-state index in [9.17, 15) is 9.59 Å². The van der Waals surface area contributed by atoms with E-state index in [-0.39, 0.29) is 30.4 Å². The highest BCUT2D eigenvalue weighted by Crippen LogP contribution is 2.26. The molecule has 0 aliphatic heterocycles. The molecule has 0 aliphatic carbocycles. The minimum Gasteiger partial charge on any atom is -0.484 e. The van der Waals surface area contributed by atoms with E-state index in [1.165, 1.54) is 5.56 Å². The maximum absolute atomic E-state index is 13.8. The van der Waals surface area contributed by atoms with Gasteiger partial charge in [0.15, 0.2) is 6.61 Å². The van der Waals surface area contributed by atoms with E-state index in [0.29, 0.717) is 22.2 Å². The number of rotatable bonds is 9. The molecule has 0 heterocycles. The average molecular weight is 570 g/mol. The number of hydrogen-bond donors (Lipinski definition) is 1. The fraction of sp³-hybridized carbons (Fsp3) is 0.375. The second-order valence-corrected chi connectivity index (χ2v) is 12.6. The van der Waals surface area contributed by atoms with Gasteiger partial charge in [-0.2, -0.15) is 0 Å². The van der Waals surface area contributed by atoms with Crippen LogP contribution in [0.2, 0.25) is 10.0 Å². The van der Waals surface area contributed by atoms with Crippen LogP contribution in [0.25, 0.3) is 0 Å². The number of amides is 2. The molecule has 2 amide bonds. The summed E-state index contributed by atoms with van der Waals surface area (Å²) < 4.78 is 5.91. The second-order valence-electron chi connectivity index (χ2n) is 11.8. The molecule has 7 heteroatoms. The van der Waals surface area contributed by atoms with E-state index >= 15 is 0 Å². The zero-order valence-electron chi connectivity index (χ0n) is 23.6. The highest BCUT2D eigenvalue weighted by Gasteiger charge is 2.32. The lowest BCUT2D eigenvalue weighted by Crippen LogP contribution is -2.55. The molecule has 3 aromatic carbocycles. The molecule has 3 rings (SSSR count). The number of nitrogens with one attached hydrogen (secondary N) is 1. The van der Waals surface area contributed by atoms with Crippen molar-refractivity contribution in [2.24, 2.45) is 0 Å². The average Bonchev–Trinajstić information content (AvgIpc) is 2.86. The lowest BCUT2D eigenvalue weighted by atomic mass is 9.87. The molecule has 0 unspecified atom stereocenters. The van der Waals surface area contributed by atoms with Crippen molar-refractivity contribution in [3.63, 3.8) is 0 Å². The minimum absolute atomic E-state index is 0.01000. The predicted molar refractivity (Wildman–Crippen MR) is 159 cm³/mol. The van der Waals surface area contributed by atoms with Gasteiger partial charge >= 0.3 is 0 Å². The zero-order chi connectivity index (χ0) is 28.8. The van der Waals surface area contributed by atoms with Crippen LogP contribution >= 0.6 is 23.2 Å². The number of benzene rings is 3. The number of hydrogen-bond acceptors (Lipinski definition) is 3. The molecule has 0 saturated carbocycles. The molecule has 1 N–H and O–H groups in total. The number of carbonyl (C=O) groups excluding carboxylic acids is 2. The standard InChI is InChI=1S/C32H38Cl2N2O3/c1-31(2,3)24-13-15-25(16-14-24)39-21-29(37)36(20-23-12-17-26(33)27(34)18-23)28(30(38)35-32(4,5)6)19-22-10-8-7-9-11-22/h7-18,28H,19-21H2,1-6H3,(H,35,38)/t28-/m0/s1. The Labute approximate surface area is 242 Å². The van der Waals surface area contributed by atoms with Crippen LogP contribution < -0.4 is 10.1 Å². The Morgan fingerprint density at radius 1 is 0.846 bits per heavy atom. The fourth-order valence-corrected chi connectivity index (χ4v) is 4.44. The normalized spacial score (nSPS) is 12.5. The lowest BCUT2D eigenvalue weighted by Gasteiger charge is -2.33. The Balaban J connectivity index is 1.92. The number of nitrogens with zero attached hydrogens (tertiary/aromatic N) is 1. The Kier molecular flexibility index (Phi) is 10.1. The van der Waals surface area contributed by atoms with E-state index in [2.05, 4.69) is 26.1 Å². The maximum atomic E-state index is 13.8. The third-order valence-corrected chi connectivity index (χ3v) is 6.93. The highest BCUT2D eigenvalue weighted by molar-refractivity contribution is 6.42. The molecule has 5 nitrogen and oxygen atoms in total. The van der Waals surface area contributed by atoms with Crippen molar-refractivity contribution < 1.29 is 14.3 Å². The van der Waals surface area contributed by atoms with Gasteiger partial charge in [-0.1, -0.05) is 92.5 Å². The Hall–Kier alpha value is -3.02. The van der Waals surface area contributed by atoms with Crippen molar-refractivity contribution in [2.45, 2.75) is 71.5 Å². The van der Waals surface area contributed by atoms with Crippen molar-refractivity contribution in [1.29, 1.82) is 0 Å². The topological polar surface area (TPSA) is 58.6 Å². The van der Waals surface area contributed by atoms with Crippen molar-refractivity contribution in [2.75, 3.05) is 6.61 Å². The highest BCUT2D eigenvalue weighted by atomic mass is 35.5. The molecule has 0 spiro atoms. The van der Waals surface area contributed by atoms with Crippen LogP contribution in [0.3, 0.4) is 0 Å². The summed E-state index contributed by atoms with van der Waals surface area (Å²) in [5, 5.41) is 3.86. The molecule has 0 aromatic heterocycles. The number of halogens is 2. The summed E-state index contributed by atoms with van der Waals surface area (Å²) in [5.74, 6) is 0.0323. The monoisotopic (exact) mass is 568 g/mol. The molecule has 0 saturated heterocycles. The maximum Gasteiger partial charge on any atom is 0.261 e. The summed E-state index contributed by atoms with van der Waals surface area (Å²) in [7, 11) is 0. The van der Waals surface area contributed by atoms with Crippen LogP contribution in [0.4, 0.5) is 0 Å². The second kappa shape index (κ2) is 12.9. The quantitative estimate of drug-likeness (QED) is 0.296. The molecule has 208 valence electrons. The van der Waals surface area contributed by atoms with Gasteiger partial charge in [-0.05, 0) is 67.1 Å². The summed E-state index contributed by atoms with van der Waals surface area (Å²) in [6, 6.07) is 21.8. The molecular formula is C32H38Cl2N2O3. The van der Waals surface area contributed by atoms with Gasteiger partial charge < -0.3 is 15.0 Å². The Morgan fingerprint density at radius 3 is 2.05 bits per heavy atom. The first-order valence-corrected chi connectivity index (χ1v) is 13.8. The molecule has 1 atom stereocenters. The summed E-state index contributed by atoms with van der Waals surface area (Å²) in [4.78, 5) is 29.0. The fourth-order valence-electron chi connectivity index (χ4n) is 4.12. The lowest BCUT2D eigenvalue weighted by molar-refractivity contribution is -0.143. The summed E-state index contributed by atoms with van der Waals surface area (Å²) in [6.45, 7) is 12.1. The molecule has 0 aliphatic rings. The van der Waals surface area contributed by atoms with Crippen molar-refractivity contribution in [3.05, 3.63) is 99.5 Å². The van der Waals surface area contributed by atoms with Crippen molar-refractivity contribution in [1.82, 2.24) is 10.2 Å². The zero-order valence-corrected chi connectivity index (χ0v) is 25.1. The van der Waals surface area contributed by atoms with E-state index in [4.69, 9.17) is 27.9 Å². The van der Waals surface area contributed by atoms with Gasteiger partial charge in [-0.25, -0.2) is 0 Å². The van der Waals surface area contributed by atoms with Crippen LogP contribution in [0, 0.1) is 0 Å². The number of carbonyl (C=O) groups is 2. The molecular weight excluding hydrogens is 531 g/mol. The molecule has 0 bridgehead atoms. The van der Waals surface area contributed by atoms with Crippen molar-refractivity contribution >= 4 is 35.0 Å². The molecule has 0 fully saturated rings. The van der Waals surface area contributed by atoms with Gasteiger partial charge in [0.1, 0.15) is 11.8 Å². The van der Waals surface area contributed by atoms with Crippen LogP contribution in [0.5, 0.6) is 5.75 Å². The van der Waals surface area contributed by atoms with Crippen LogP contribution in [0.1, 0.15) is 58.2 Å². The number of ether oxygens (including phenoxy) is 1. The molecule has 0 radical (unpaired) electrons. The summed E-state index contributed by atoms with van der Waals surface area (Å²) >= 11 is 12.4. The smallest absolute Gasteiger partial charge is 0.261 e. The van der Waals surface area contributed by atoms with Crippen LogP contribution in [0.15, 0.2) is 72.8 Å². The SMILES string of the molecule is CC(C)(C)NC(=O)[C@H](Cc1ccccc1)N(Cc1ccc(Cl)c(Cl)c1)C(=O)COc1ccc(C(C)(C)C)cc1. The van der Waals surface area contributed by atoms with Crippen LogP contribution in [-0.4, -0.2) is 34.9 Å². The van der Waals surface area contributed by atoms with E-state index in [0.717, 1.165) is 11.1 Å². The first kappa shape index (κ1) is 30.5. The Bertz CT molecular complexity index is 1260. The van der Waals surface area contributed by atoms with Gasteiger partial charge in [0.05, 0.1) is 10.0 Å². The van der Waals surface area contributed by atoms with E-state index in [1.807, 2.05) is 81.4 Å². The third-order valence-electron chi connectivity index (χ3n) is 6.19. The van der Waals surface area contributed by atoms with Gasteiger partial charge in [0.25, 0.3) is 5.91 Å². The minimum atomic E-state index is -0.777.